The zero-order valence-electron chi connectivity index (χ0n) is 11.7. The number of hydrogen-bond acceptors (Lipinski definition) is 4. The Hall–Kier alpha value is -2.89. The van der Waals surface area contributed by atoms with Gasteiger partial charge in [-0.15, -0.1) is 0 Å². The fraction of sp³-hybridized carbons (Fsp3) is 0.188. The van der Waals surface area contributed by atoms with Gasteiger partial charge in [-0.05, 0) is 12.1 Å². The van der Waals surface area contributed by atoms with Crippen LogP contribution < -0.4 is 10.1 Å². The Bertz CT molecular complexity index is 730. The Morgan fingerprint density at radius 1 is 1.18 bits per heavy atom. The zero-order chi connectivity index (χ0) is 15.5. The average molecular weight is 298 g/mol. The third kappa shape index (κ3) is 2.63. The maximum Gasteiger partial charge on any atom is 0.282 e. The lowest BCUT2D eigenvalue weighted by Gasteiger charge is -2.26. The largest absolute Gasteiger partial charge is 0.493 e. The first-order chi connectivity index (χ1) is 10.7. The molecule has 3 rings (SSSR count). The van der Waals surface area contributed by atoms with Gasteiger partial charge in [-0.1, -0.05) is 30.3 Å². The normalized spacial score (nSPS) is 16.3. The number of nitrogens with zero attached hydrogens (tertiary/aromatic N) is 1. The van der Waals surface area contributed by atoms with Gasteiger partial charge in [0.05, 0.1) is 17.6 Å². The second-order valence-corrected chi connectivity index (χ2v) is 4.98. The molecule has 22 heavy (non-hydrogen) atoms. The highest BCUT2D eigenvalue weighted by atomic mass is 16.6. The molecule has 0 saturated heterocycles. The highest BCUT2D eigenvalue weighted by Crippen LogP contribution is 2.32. The quantitative estimate of drug-likeness (QED) is 0.698. The van der Waals surface area contributed by atoms with Crippen molar-refractivity contribution in [2.75, 3.05) is 6.61 Å². The smallest absolute Gasteiger partial charge is 0.282 e. The summed E-state index contributed by atoms with van der Waals surface area (Å²) in [5.74, 6) is 0.288. The summed E-state index contributed by atoms with van der Waals surface area (Å²) < 4.78 is 5.54. The van der Waals surface area contributed by atoms with Crippen molar-refractivity contribution >= 4 is 11.6 Å². The first-order valence-corrected chi connectivity index (χ1v) is 6.93. The van der Waals surface area contributed by atoms with Crippen LogP contribution in [-0.4, -0.2) is 17.4 Å². The number of benzene rings is 2. The molecule has 0 bridgehead atoms. The molecule has 1 amide bonds. The molecule has 1 N–H and O–H groups in total. The van der Waals surface area contributed by atoms with Gasteiger partial charge in [0, 0.05) is 18.1 Å². The molecule has 112 valence electrons. The number of nitro groups is 1. The van der Waals surface area contributed by atoms with Gasteiger partial charge in [0.25, 0.3) is 11.6 Å². The van der Waals surface area contributed by atoms with E-state index in [4.69, 9.17) is 4.74 Å². The highest BCUT2D eigenvalue weighted by molar-refractivity contribution is 5.98. The third-order valence-electron chi connectivity index (χ3n) is 3.61. The molecule has 1 aliphatic rings. The first kappa shape index (κ1) is 14.1. The molecule has 2 aromatic rings. The van der Waals surface area contributed by atoms with E-state index < -0.39 is 10.8 Å². The van der Waals surface area contributed by atoms with Crippen LogP contribution in [0.3, 0.4) is 0 Å². The predicted octanol–water partition coefficient (Wildman–Crippen LogP) is 2.85. The summed E-state index contributed by atoms with van der Waals surface area (Å²) in [4.78, 5) is 22.9. The first-order valence-electron chi connectivity index (χ1n) is 6.93. The molecule has 1 aliphatic heterocycles. The predicted molar refractivity (Wildman–Crippen MR) is 79.9 cm³/mol. The summed E-state index contributed by atoms with van der Waals surface area (Å²) in [5.41, 5.74) is 0.762. The summed E-state index contributed by atoms with van der Waals surface area (Å²) >= 11 is 0. The molecule has 0 fully saturated rings. The van der Waals surface area contributed by atoms with Crippen molar-refractivity contribution in [3.8, 4) is 5.75 Å². The fourth-order valence-corrected chi connectivity index (χ4v) is 2.55. The fourth-order valence-electron chi connectivity index (χ4n) is 2.55. The van der Waals surface area contributed by atoms with Crippen LogP contribution in [-0.2, 0) is 0 Å². The molecule has 2 aromatic carbocycles. The molecule has 1 atom stereocenters. The number of fused-ring (bicyclic) bond motifs is 1. The Labute approximate surface area is 126 Å². The third-order valence-corrected chi connectivity index (χ3v) is 3.61. The second-order valence-electron chi connectivity index (χ2n) is 4.98. The van der Waals surface area contributed by atoms with E-state index in [1.807, 2.05) is 24.3 Å². The lowest BCUT2D eigenvalue weighted by molar-refractivity contribution is -0.385. The monoisotopic (exact) mass is 298 g/mol. The molecule has 0 radical (unpaired) electrons. The number of carbonyl (C=O) groups excluding carboxylic acids is 1. The van der Waals surface area contributed by atoms with Crippen LogP contribution in [0.15, 0.2) is 48.5 Å². The van der Waals surface area contributed by atoms with E-state index in [2.05, 4.69) is 5.32 Å². The van der Waals surface area contributed by atoms with Crippen molar-refractivity contribution in [2.45, 2.75) is 12.5 Å². The van der Waals surface area contributed by atoms with E-state index >= 15 is 0 Å². The van der Waals surface area contributed by atoms with Crippen molar-refractivity contribution in [1.29, 1.82) is 0 Å². The minimum atomic E-state index is -0.549. The Balaban J connectivity index is 1.86. The van der Waals surface area contributed by atoms with Crippen LogP contribution in [0.5, 0.6) is 5.75 Å². The van der Waals surface area contributed by atoms with Crippen molar-refractivity contribution in [3.63, 3.8) is 0 Å². The SMILES string of the molecule is O=C(N[C@H]1CCOc2ccccc21)c1ccccc1[N+](=O)[O-]. The van der Waals surface area contributed by atoms with E-state index in [0.29, 0.717) is 13.0 Å². The number of rotatable bonds is 3. The molecule has 0 unspecified atom stereocenters. The summed E-state index contributed by atoms with van der Waals surface area (Å²) in [6, 6.07) is 13.2. The molecule has 0 aromatic heterocycles. The van der Waals surface area contributed by atoms with E-state index in [1.165, 1.54) is 12.1 Å². The second kappa shape index (κ2) is 5.85. The molecule has 0 aliphatic carbocycles. The van der Waals surface area contributed by atoms with Gasteiger partial charge < -0.3 is 10.1 Å². The summed E-state index contributed by atoms with van der Waals surface area (Å²) in [6.45, 7) is 0.499. The van der Waals surface area contributed by atoms with Gasteiger partial charge in [0.2, 0.25) is 0 Å². The van der Waals surface area contributed by atoms with Crippen LogP contribution in [0, 0.1) is 10.1 Å². The van der Waals surface area contributed by atoms with Gasteiger partial charge in [0.15, 0.2) is 0 Å². The lowest BCUT2D eigenvalue weighted by atomic mass is 10.00. The van der Waals surface area contributed by atoms with E-state index in [1.54, 1.807) is 12.1 Å². The van der Waals surface area contributed by atoms with E-state index in [-0.39, 0.29) is 17.3 Å². The number of ether oxygens (including phenoxy) is 1. The minimum absolute atomic E-state index is 0.0662. The number of para-hydroxylation sites is 2. The van der Waals surface area contributed by atoms with Gasteiger partial charge in [-0.25, -0.2) is 0 Å². The molecular formula is C16H14N2O4. The molecule has 6 heteroatoms. The molecule has 6 nitrogen and oxygen atoms in total. The lowest BCUT2D eigenvalue weighted by Crippen LogP contribution is -2.32. The van der Waals surface area contributed by atoms with Crippen LogP contribution in [0.1, 0.15) is 28.4 Å². The maximum absolute atomic E-state index is 12.4. The van der Waals surface area contributed by atoms with Gasteiger partial charge in [-0.2, -0.15) is 0 Å². The molecule has 0 saturated carbocycles. The van der Waals surface area contributed by atoms with Gasteiger partial charge in [-0.3, -0.25) is 14.9 Å². The maximum atomic E-state index is 12.4. The van der Waals surface area contributed by atoms with Crippen molar-refractivity contribution in [3.05, 3.63) is 69.8 Å². The molecule has 0 spiro atoms. The molecule has 1 heterocycles. The van der Waals surface area contributed by atoms with Crippen LogP contribution in [0.4, 0.5) is 5.69 Å². The van der Waals surface area contributed by atoms with Crippen molar-refractivity contribution in [2.24, 2.45) is 0 Å². The van der Waals surface area contributed by atoms with Gasteiger partial charge in [0.1, 0.15) is 11.3 Å². The number of hydrogen-bond donors (Lipinski definition) is 1. The summed E-state index contributed by atoms with van der Waals surface area (Å²) in [5, 5.41) is 13.9. The molecular weight excluding hydrogens is 284 g/mol. The summed E-state index contributed by atoms with van der Waals surface area (Å²) in [7, 11) is 0. The Morgan fingerprint density at radius 3 is 2.73 bits per heavy atom. The number of amides is 1. The highest BCUT2D eigenvalue weighted by Gasteiger charge is 2.26. The Kier molecular flexibility index (Phi) is 3.74. The van der Waals surface area contributed by atoms with E-state index in [0.717, 1.165) is 11.3 Å². The minimum Gasteiger partial charge on any atom is -0.493 e. The number of nitrogens with one attached hydrogen (secondary N) is 1. The van der Waals surface area contributed by atoms with Gasteiger partial charge >= 0.3 is 0 Å². The topological polar surface area (TPSA) is 81.5 Å². The average Bonchev–Trinajstić information content (AvgIpc) is 2.55. The van der Waals surface area contributed by atoms with Crippen LogP contribution in [0.2, 0.25) is 0 Å². The summed E-state index contributed by atoms with van der Waals surface area (Å²) in [6.07, 6.45) is 0.628. The zero-order valence-corrected chi connectivity index (χ0v) is 11.7. The van der Waals surface area contributed by atoms with Crippen LogP contribution >= 0.6 is 0 Å². The number of nitro benzene ring substituents is 1. The number of carbonyl (C=O) groups is 1. The van der Waals surface area contributed by atoms with Crippen LogP contribution in [0.25, 0.3) is 0 Å². The Morgan fingerprint density at radius 2 is 1.91 bits per heavy atom. The standard InChI is InChI=1S/C16H14N2O4/c19-16(12-6-1-3-7-14(12)18(20)21)17-13-9-10-22-15-8-4-2-5-11(13)15/h1-8,13H,9-10H2,(H,17,19)/t13-/m0/s1. The van der Waals surface area contributed by atoms with E-state index in [9.17, 15) is 14.9 Å². The van der Waals surface area contributed by atoms with Crippen molar-refractivity contribution < 1.29 is 14.5 Å². The van der Waals surface area contributed by atoms with Crippen molar-refractivity contribution in [1.82, 2.24) is 5.32 Å².